The van der Waals surface area contributed by atoms with Crippen LogP contribution in [0.3, 0.4) is 0 Å². The summed E-state index contributed by atoms with van der Waals surface area (Å²) in [5.41, 5.74) is 0.133. The summed E-state index contributed by atoms with van der Waals surface area (Å²) in [6.45, 7) is 0. The van der Waals surface area contributed by atoms with Gasteiger partial charge in [0.2, 0.25) is 11.8 Å². The van der Waals surface area contributed by atoms with E-state index >= 15 is 0 Å². The normalized spacial score (nSPS) is 14.8. The van der Waals surface area contributed by atoms with Gasteiger partial charge in [0.1, 0.15) is 5.41 Å². The van der Waals surface area contributed by atoms with Crippen LogP contribution in [-0.2, 0) is 9.59 Å². The van der Waals surface area contributed by atoms with Crippen molar-refractivity contribution >= 4 is 46.4 Å². The molecular formula is C18H16Cl2N2O2. The molecule has 0 atom stereocenters. The Morgan fingerprint density at radius 2 is 1.75 bits per heavy atom. The van der Waals surface area contributed by atoms with Crippen molar-refractivity contribution in [3.05, 3.63) is 58.6 Å². The zero-order valence-corrected chi connectivity index (χ0v) is 14.6. The maximum atomic E-state index is 12.8. The molecular weight excluding hydrogens is 347 g/mol. The fourth-order valence-corrected chi connectivity index (χ4v) is 2.93. The highest BCUT2D eigenvalue weighted by Crippen LogP contribution is 2.48. The third-order valence-electron chi connectivity index (χ3n) is 4.22. The van der Waals surface area contributed by atoms with E-state index in [1.54, 1.807) is 25.2 Å². The van der Waals surface area contributed by atoms with Crippen molar-refractivity contribution in [3.8, 4) is 0 Å². The molecule has 1 aliphatic carbocycles. The van der Waals surface area contributed by atoms with Crippen molar-refractivity contribution in [1.29, 1.82) is 0 Å². The lowest BCUT2D eigenvalue weighted by Gasteiger charge is -2.23. The van der Waals surface area contributed by atoms with Gasteiger partial charge in [-0.25, -0.2) is 0 Å². The second-order valence-electron chi connectivity index (χ2n) is 5.86. The van der Waals surface area contributed by atoms with Crippen LogP contribution in [0, 0.1) is 5.41 Å². The van der Waals surface area contributed by atoms with Crippen LogP contribution in [-0.4, -0.2) is 18.9 Å². The molecule has 4 nitrogen and oxygen atoms in total. The van der Waals surface area contributed by atoms with Gasteiger partial charge in [-0.15, -0.1) is 0 Å². The molecule has 0 heterocycles. The van der Waals surface area contributed by atoms with Crippen LogP contribution in [0.25, 0.3) is 0 Å². The summed E-state index contributed by atoms with van der Waals surface area (Å²) in [6, 6.07) is 14.1. The van der Waals surface area contributed by atoms with Crippen LogP contribution in [0.15, 0.2) is 48.5 Å². The summed E-state index contributed by atoms with van der Waals surface area (Å²) in [6.07, 6.45) is 1.04. The van der Waals surface area contributed by atoms with E-state index in [4.69, 9.17) is 23.2 Å². The van der Waals surface area contributed by atoms with E-state index in [9.17, 15) is 9.59 Å². The molecule has 2 aromatic carbocycles. The van der Waals surface area contributed by atoms with Crippen molar-refractivity contribution in [3.63, 3.8) is 0 Å². The first kappa shape index (κ1) is 16.8. The fourth-order valence-electron chi connectivity index (χ4n) is 2.59. The Bertz CT molecular complexity index is 789. The van der Waals surface area contributed by atoms with Crippen LogP contribution in [0.2, 0.25) is 10.0 Å². The molecule has 0 radical (unpaired) electrons. The van der Waals surface area contributed by atoms with Gasteiger partial charge < -0.3 is 10.2 Å². The Morgan fingerprint density at radius 1 is 1.08 bits per heavy atom. The van der Waals surface area contributed by atoms with E-state index in [0.29, 0.717) is 28.6 Å². The van der Waals surface area contributed by atoms with Gasteiger partial charge in [-0.1, -0.05) is 41.4 Å². The fraction of sp³-hybridized carbons (Fsp3) is 0.222. The van der Waals surface area contributed by atoms with Crippen LogP contribution in [0.5, 0.6) is 0 Å². The number of anilines is 2. The number of nitrogens with zero attached hydrogens (tertiary/aromatic N) is 1. The van der Waals surface area contributed by atoms with Gasteiger partial charge in [0.15, 0.2) is 0 Å². The molecule has 1 N–H and O–H groups in total. The zero-order chi connectivity index (χ0) is 17.3. The third kappa shape index (κ3) is 3.12. The van der Waals surface area contributed by atoms with E-state index in [0.717, 1.165) is 5.69 Å². The van der Waals surface area contributed by atoms with Crippen LogP contribution in [0.1, 0.15) is 12.8 Å². The van der Waals surface area contributed by atoms with Gasteiger partial charge in [0.05, 0.1) is 10.7 Å². The molecule has 0 aliphatic heterocycles. The van der Waals surface area contributed by atoms with Crippen LogP contribution in [0.4, 0.5) is 11.4 Å². The van der Waals surface area contributed by atoms with Crippen molar-refractivity contribution in [2.24, 2.45) is 5.41 Å². The van der Waals surface area contributed by atoms with Gasteiger partial charge >= 0.3 is 0 Å². The first-order valence-electron chi connectivity index (χ1n) is 7.54. The maximum Gasteiger partial charge on any atom is 0.242 e. The van der Waals surface area contributed by atoms with Crippen molar-refractivity contribution in [2.75, 3.05) is 17.3 Å². The number of halogens is 2. The maximum absolute atomic E-state index is 12.8. The van der Waals surface area contributed by atoms with Gasteiger partial charge in [0, 0.05) is 17.8 Å². The first-order valence-corrected chi connectivity index (χ1v) is 8.29. The summed E-state index contributed by atoms with van der Waals surface area (Å²) in [5.74, 6) is -0.566. The largest absolute Gasteiger partial charge is 0.324 e. The lowest BCUT2D eigenvalue weighted by Crippen LogP contribution is -2.41. The molecule has 0 aromatic heterocycles. The minimum Gasteiger partial charge on any atom is -0.324 e. The molecule has 6 heteroatoms. The number of carbonyl (C=O) groups excluding carboxylic acids is 2. The Hall–Kier alpha value is -2.04. The highest BCUT2D eigenvalue weighted by molar-refractivity contribution is 6.36. The number of para-hydroxylation sites is 1. The van der Waals surface area contributed by atoms with Crippen molar-refractivity contribution < 1.29 is 9.59 Å². The number of hydrogen-bond donors (Lipinski definition) is 1. The Morgan fingerprint density at radius 3 is 2.38 bits per heavy atom. The Kier molecular flexibility index (Phi) is 4.52. The van der Waals surface area contributed by atoms with Crippen molar-refractivity contribution in [2.45, 2.75) is 12.8 Å². The molecule has 0 unspecified atom stereocenters. The van der Waals surface area contributed by atoms with E-state index in [-0.39, 0.29) is 11.8 Å². The molecule has 24 heavy (non-hydrogen) atoms. The number of carbonyl (C=O) groups is 2. The Balaban J connectivity index is 1.79. The molecule has 0 bridgehead atoms. The third-order valence-corrected chi connectivity index (χ3v) is 4.78. The lowest BCUT2D eigenvalue weighted by atomic mass is 10.0. The van der Waals surface area contributed by atoms with Crippen LogP contribution >= 0.6 is 23.2 Å². The number of hydrogen-bond acceptors (Lipinski definition) is 2. The zero-order valence-electron chi connectivity index (χ0n) is 13.1. The average Bonchev–Trinajstić information content (AvgIpc) is 3.39. The topological polar surface area (TPSA) is 49.4 Å². The predicted molar refractivity (Wildman–Crippen MR) is 96.6 cm³/mol. The molecule has 1 aliphatic rings. The highest BCUT2D eigenvalue weighted by atomic mass is 35.5. The van der Waals surface area contributed by atoms with E-state index < -0.39 is 5.41 Å². The second kappa shape index (κ2) is 6.46. The van der Waals surface area contributed by atoms with E-state index in [2.05, 4.69) is 5.32 Å². The highest BCUT2D eigenvalue weighted by Gasteiger charge is 2.57. The van der Waals surface area contributed by atoms with E-state index in [1.165, 1.54) is 4.90 Å². The van der Waals surface area contributed by atoms with Crippen LogP contribution < -0.4 is 10.2 Å². The Labute approximate surface area is 150 Å². The predicted octanol–water partition coefficient (Wildman–Crippen LogP) is 4.38. The molecule has 2 amide bonds. The number of rotatable bonds is 4. The lowest BCUT2D eigenvalue weighted by molar-refractivity contribution is -0.132. The molecule has 3 rings (SSSR count). The molecule has 1 saturated carbocycles. The van der Waals surface area contributed by atoms with E-state index in [1.807, 2.05) is 30.3 Å². The molecule has 124 valence electrons. The standard InChI is InChI=1S/C18H16Cl2N2O2/c1-22(13-5-3-2-4-6-13)17(24)18(9-10-18)16(23)21-15-11-12(19)7-8-14(15)20/h2-8,11H,9-10H2,1H3,(H,21,23). The number of benzene rings is 2. The summed E-state index contributed by atoms with van der Waals surface area (Å²) < 4.78 is 0. The van der Waals surface area contributed by atoms with Gasteiger partial charge in [-0.2, -0.15) is 0 Å². The number of amides is 2. The summed E-state index contributed by atoms with van der Waals surface area (Å²) in [4.78, 5) is 27.0. The monoisotopic (exact) mass is 362 g/mol. The molecule has 1 fully saturated rings. The minimum absolute atomic E-state index is 0.218. The summed E-state index contributed by atoms with van der Waals surface area (Å²) in [5, 5.41) is 3.59. The smallest absolute Gasteiger partial charge is 0.242 e. The summed E-state index contributed by atoms with van der Waals surface area (Å²) in [7, 11) is 1.68. The SMILES string of the molecule is CN(C(=O)C1(C(=O)Nc2cc(Cl)ccc2Cl)CC1)c1ccccc1. The molecule has 0 saturated heterocycles. The molecule has 2 aromatic rings. The quantitative estimate of drug-likeness (QED) is 0.820. The summed E-state index contributed by atoms with van der Waals surface area (Å²) >= 11 is 12.0. The molecule has 0 spiro atoms. The van der Waals surface area contributed by atoms with Gasteiger partial charge in [0.25, 0.3) is 0 Å². The van der Waals surface area contributed by atoms with Crippen molar-refractivity contribution in [1.82, 2.24) is 0 Å². The second-order valence-corrected chi connectivity index (χ2v) is 6.70. The minimum atomic E-state index is -1.03. The number of nitrogens with one attached hydrogen (secondary N) is 1. The van der Waals surface area contributed by atoms with Gasteiger partial charge in [-0.3, -0.25) is 9.59 Å². The van der Waals surface area contributed by atoms with Gasteiger partial charge in [-0.05, 0) is 43.2 Å². The average molecular weight is 363 g/mol. The first-order chi connectivity index (χ1) is 11.4.